The molecule has 0 bridgehead atoms. The van der Waals surface area contributed by atoms with Crippen LogP contribution in [0.25, 0.3) is 0 Å². The van der Waals surface area contributed by atoms with Crippen LogP contribution in [0, 0.1) is 13.8 Å². The monoisotopic (exact) mass is 288 g/mol. The van der Waals surface area contributed by atoms with Crippen molar-refractivity contribution >= 4 is 17.4 Å². The van der Waals surface area contributed by atoms with E-state index in [1.165, 1.54) is 0 Å². The SMILES string of the molecule is COc1ccc(Cl)cc1CC(=O)c1cccc(C)c1C. The van der Waals surface area contributed by atoms with Gasteiger partial charge >= 0.3 is 0 Å². The molecule has 104 valence electrons. The molecule has 0 amide bonds. The van der Waals surface area contributed by atoms with E-state index in [1.807, 2.05) is 32.0 Å². The minimum atomic E-state index is 0.0757. The van der Waals surface area contributed by atoms with Crippen LogP contribution in [-0.4, -0.2) is 12.9 Å². The standard InChI is InChI=1S/C17H17ClO2/c1-11-5-4-6-15(12(11)2)16(19)10-13-9-14(18)7-8-17(13)20-3/h4-9H,10H2,1-3H3. The van der Waals surface area contributed by atoms with Gasteiger partial charge in [0.25, 0.3) is 0 Å². The Morgan fingerprint density at radius 3 is 2.65 bits per heavy atom. The fourth-order valence-corrected chi connectivity index (χ4v) is 2.40. The minimum absolute atomic E-state index is 0.0757. The Kier molecular flexibility index (Phi) is 4.46. The van der Waals surface area contributed by atoms with Crippen molar-refractivity contribution in [2.24, 2.45) is 0 Å². The summed E-state index contributed by atoms with van der Waals surface area (Å²) in [7, 11) is 1.59. The van der Waals surface area contributed by atoms with Gasteiger partial charge in [-0.15, -0.1) is 0 Å². The van der Waals surface area contributed by atoms with Gasteiger partial charge in [-0.3, -0.25) is 4.79 Å². The number of ether oxygens (including phenoxy) is 1. The zero-order valence-corrected chi connectivity index (χ0v) is 12.6. The van der Waals surface area contributed by atoms with Crippen LogP contribution in [0.5, 0.6) is 5.75 Å². The Balaban J connectivity index is 2.32. The summed E-state index contributed by atoms with van der Waals surface area (Å²) in [4.78, 5) is 12.5. The maximum Gasteiger partial charge on any atom is 0.167 e. The van der Waals surface area contributed by atoms with E-state index in [4.69, 9.17) is 16.3 Å². The first-order valence-corrected chi connectivity index (χ1v) is 6.82. The quantitative estimate of drug-likeness (QED) is 0.780. The molecule has 0 fully saturated rings. The first-order chi connectivity index (χ1) is 9.52. The third kappa shape index (κ3) is 3.02. The molecule has 0 spiro atoms. The molecule has 0 aliphatic carbocycles. The maximum atomic E-state index is 12.5. The molecule has 0 aliphatic rings. The van der Waals surface area contributed by atoms with Crippen LogP contribution < -0.4 is 4.74 Å². The van der Waals surface area contributed by atoms with Gasteiger partial charge in [-0.2, -0.15) is 0 Å². The fourth-order valence-electron chi connectivity index (χ4n) is 2.21. The van der Waals surface area contributed by atoms with Gasteiger partial charge in [-0.25, -0.2) is 0 Å². The van der Waals surface area contributed by atoms with Crippen molar-refractivity contribution in [2.75, 3.05) is 7.11 Å². The summed E-state index contributed by atoms with van der Waals surface area (Å²) >= 11 is 5.99. The molecule has 2 aromatic rings. The third-order valence-electron chi connectivity index (χ3n) is 3.50. The van der Waals surface area contributed by atoms with Crippen LogP contribution in [0.4, 0.5) is 0 Å². The normalized spacial score (nSPS) is 10.4. The van der Waals surface area contributed by atoms with E-state index in [1.54, 1.807) is 25.3 Å². The number of carbonyl (C=O) groups excluding carboxylic acids is 1. The smallest absolute Gasteiger partial charge is 0.167 e. The Morgan fingerprint density at radius 2 is 1.95 bits per heavy atom. The van der Waals surface area contributed by atoms with Crippen molar-refractivity contribution in [2.45, 2.75) is 20.3 Å². The Hall–Kier alpha value is -1.80. The van der Waals surface area contributed by atoms with Gasteiger partial charge in [0.2, 0.25) is 0 Å². The Morgan fingerprint density at radius 1 is 1.20 bits per heavy atom. The lowest BCUT2D eigenvalue weighted by Gasteiger charge is -2.10. The molecule has 0 aromatic heterocycles. The van der Waals surface area contributed by atoms with Crippen LogP contribution in [-0.2, 0) is 6.42 Å². The molecule has 0 saturated carbocycles. The minimum Gasteiger partial charge on any atom is -0.496 e. The molecule has 2 aromatic carbocycles. The summed E-state index contributed by atoms with van der Waals surface area (Å²) in [6.45, 7) is 3.98. The molecule has 0 radical (unpaired) electrons. The molecule has 0 atom stereocenters. The van der Waals surface area contributed by atoms with Crippen molar-refractivity contribution < 1.29 is 9.53 Å². The molecule has 0 heterocycles. The topological polar surface area (TPSA) is 26.3 Å². The number of aryl methyl sites for hydroxylation is 1. The fraction of sp³-hybridized carbons (Fsp3) is 0.235. The summed E-state index contributed by atoms with van der Waals surface area (Å²) in [6.07, 6.45) is 0.286. The number of benzene rings is 2. The lowest BCUT2D eigenvalue weighted by atomic mass is 9.96. The van der Waals surface area contributed by atoms with Crippen molar-refractivity contribution in [1.29, 1.82) is 0 Å². The highest BCUT2D eigenvalue weighted by Gasteiger charge is 2.14. The third-order valence-corrected chi connectivity index (χ3v) is 3.73. The van der Waals surface area contributed by atoms with E-state index in [0.29, 0.717) is 10.8 Å². The van der Waals surface area contributed by atoms with Gasteiger partial charge in [0.05, 0.1) is 7.11 Å². The summed E-state index contributed by atoms with van der Waals surface area (Å²) in [5.41, 5.74) is 3.71. The number of hydrogen-bond donors (Lipinski definition) is 0. The molecule has 0 aliphatic heterocycles. The number of halogens is 1. The predicted molar refractivity (Wildman–Crippen MR) is 82.0 cm³/mol. The molecule has 3 heteroatoms. The van der Waals surface area contributed by atoms with E-state index in [2.05, 4.69) is 0 Å². The highest BCUT2D eigenvalue weighted by molar-refractivity contribution is 6.30. The first kappa shape index (κ1) is 14.6. The van der Waals surface area contributed by atoms with Gasteiger partial charge in [-0.1, -0.05) is 29.8 Å². The largest absolute Gasteiger partial charge is 0.496 e. The van der Waals surface area contributed by atoms with E-state index in [0.717, 1.165) is 22.3 Å². The molecule has 0 N–H and O–H groups in total. The summed E-state index contributed by atoms with van der Waals surface area (Å²) in [5.74, 6) is 0.764. The van der Waals surface area contributed by atoms with Crippen molar-refractivity contribution in [3.8, 4) is 5.75 Å². The summed E-state index contributed by atoms with van der Waals surface area (Å²) < 4.78 is 5.28. The molecule has 0 unspecified atom stereocenters. The molecule has 2 rings (SSSR count). The van der Waals surface area contributed by atoms with E-state index < -0.39 is 0 Å². The van der Waals surface area contributed by atoms with Crippen LogP contribution in [0.15, 0.2) is 36.4 Å². The Labute approximate surface area is 124 Å². The average Bonchev–Trinajstić information content (AvgIpc) is 2.42. The predicted octanol–water partition coefficient (Wildman–Crippen LogP) is 4.39. The maximum absolute atomic E-state index is 12.5. The number of rotatable bonds is 4. The van der Waals surface area contributed by atoms with Gasteiger partial charge in [0.1, 0.15) is 5.75 Å². The lowest BCUT2D eigenvalue weighted by molar-refractivity contribution is 0.0991. The number of methoxy groups -OCH3 is 1. The Bertz CT molecular complexity index is 647. The highest BCUT2D eigenvalue weighted by Crippen LogP contribution is 2.25. The second-order valence-corrected chi connectivity index (χ2v) is 5.24. The second kappa shape index (κ2) is 6.10. The number of carbonyl (C=O) groups is 1. The van der Waals surface area contributed by atoms with Crippen LogP contribution in [0.1, 0.15) is 27.0 Å². The first-order valence-electron chi connectivity index (χ1n) is 6.44. The van der Waals surface area contributed by atoms with Crippen LogP contribution >= 0.6 is 11.6 Å². The zero-order chi connectivity index (χ0) is 14.7. The molecular weight excluding hydrogens is 272 g/mol. The van der Waals surface area contributed by atoms with Crippen molar-refractivity contribution in [3.05, 3.63) is 63.7 Å². The lowest BCUT2D eigenvalue weighted by Crippen LogP contribution is -2.07. The van der Waals surface area contributed by atoms with Crippen LogP contribution in [0.3, 0.4) is 0 Å². The highest BCUT2D eigenvalue weighted by atomic mass is 35.5. The van der Waals surface area contributed by atoms with E-state index in [-0.39, 0.29) is 12.2 Å². The molecule has 0 saturated heterocycles. The molecule has 2 nitrogen and oxygen atoms in total. The zero-order valence-electron chi connectivity index (χ0n) is 11.9. The molecule has 20 heavy (non-hydrogen) atoms. The molecular formula is C17H17ClO2. The van der Waals surface area contributed by atoms with Crippen molar-refractivity contribution in [1.82, 2.24) is 0 Å². The summed E-state index contributed by atoms with van der Waals surface area (Å²) in [5, 5.41) is 0.606. The van der Waals surface area contributed by atoms with E-state index in [9.17, 15) is 4.79 Å². The van der Waals surface area contributed by atoms with Gasteiger partial charge in [0.15, 0.2) is 5.78 Å². The van der Waals surface area contributed by atoms with Gasteiger partial charge in [-0.05, 0) is 43.2 Å². The number of Topliss-reactive ketones (excluding diaryl/α,β-unsaturated/α-hetero) is 1. The number of ketones is 1. The number of hydrogen-bond acceptors (Lipinski definition) is 2. The summed E-state index contributed by atoms with van der Waals surface area (Å²) in [6, 6.07) is 11.1. The van der Waals surface area contributed by atoms with Crippen molar-refractivity contribution in [3.63, 3.8) is 0 Å². The average molecular weight is 289 g/mol. The van der Waals surface area contributed by atoms with Gasteiger partial charge < -0.3 is 4.74 Å². The second-order valence-electron chi connectivity index (χ2n) is 4.80. The van der Waals surface area contributed by atoms with E-state index >= 15 is 0 Å². The van der Waals surface area contributed by atoms with Gasteiger partial charge in [0, 0.05) is 22.6 Å². The van der Waals surface area contributed by atoms with Crippen LogP contribution in [0.2, 0.25) is 5.02 Å².